The van der Waals surface area contributed by atoms with Gasteiger partial charge in [-0.25, -0.2) is 0 Å². The van der Waals surface area contributed by atoms with Crippen LogP contribution in [0.15, 0.2) is 18.2 Å². The monoisotopic (exact) mass is 272 g/mol. The van der Waals surface area contributed by atoms with Gasteiger partial charge in [0.15, 0.2) is 0 Å². The smallest absolute Gasteiger partial charge is 0.251 e. The highest BCUT2D eigenvalue weighted by Gasteiger charge is 2.25. The number of carbonyl (C=O) groups is 1. The Labute approximate surface area is 121 Å². The van der Waals surface area contributed by atoms with Crippen LogP contribution in [0.2, 0.25) is 0 Å². The van der Waals surface area contributed by atoms with E-state index >= 15 is 0 Å². The molecule has 0 saturated heterocycles. The summed E-state index contributed by atoms with van der Waals surface area (Å²) in [6.45, 7) is 3.22. The number of fused-ring (bicyclic) bond motifs is 1. The molecule has 1 fully saturated rings. The molecule has 20 heavy (non-hydrogen) atoms. The van der Waals surface area contributed by atoms with Gasteiger partial charge < -0.3 is 10.6 Å². The predicted molar refractivity (Wildman–Crippen MR) is 82.1 cm³/mol. The van der Waals surface area contributed by atoms with Crippen molar-refractivity contribution in [3.63, 3.8) is 0 Å². The van der Waals surface area contributed by atoms with Crippen molar-refractivity contribution in [3.05, 3.63) is 29.3 Å². The zero-order chi connectivity index (χ0) is 13.9. The van der Waals surface area contributed by atoms with Crippen molar-refractivity contribution in [1.82, 2.24) is 5.32 Å². The molecule has 2 atom stereocenters. The van der Waals surface area contributed by atoms with Crippen LogP contribution in [0.25, 0.3) is 0 Å². The second kappa shape index (κ2) is 5.86. The van der Waals surface area contributed by atoms with E-state index in [2.05, 4.69) is 23.6 Å². The maximum absolute atomic E-state index is 12.4. The van der Waals surface area contributed by atoms with Crippen molar-refractivity contribution in [2.24, 2.45) is 5.92 Å². The number of anilines is 1. The van der Waals surface area contributed by atoms with Gasteiger partial charge in [-0.3, -0.25) is 4.79 Å². The molecule has 2 aliphatic rings. The molecule has 3 rings (SSSR count). The maximum atomic E-state index is 12.4. The SMILES string of the molecule is CCC1CCCCC1NC(=O)c1ccc2c(c1)CCN2. The van der Waals surface area contributed by atoms with Gasteiger partial charge in [-0.15, -0.1) is 0 Å². The van der Waals surface area contributed by atoms with Crippen LogP contribution in [-0.4, -0.2) is 18.5 Å². The van der Waals surface area contributed by atoms with Gasteiger partial charge in [0.1, 0.15) is 0 Å². The van der Waals surface area contributed by atoms with Gasteiger partial charge in [0.25, 0.3) is 5.91 Å². The summed E-state index contributed by atoms with van der Waals surface area (Å²) < 4.78 is 0. The third-order valence-corrected chi connectivity index (χ3v) is 4.83. The fourth-order valence-electron chi connectivity index (χ4n) is 3.58. The summed E-state index contributed by atoms with van der Waals surface area (Å²) >= 11 is 0. The molecule has 3 heteroatoms. The second-order valence-electron chi connectivity index (χ2n) is 6.08. The fourth-order valence-corrected chi connectivity index (χ4v) is 3.58. The van der Waals surface area contributed by atoms with Gasteiger partial charge >= 0.3 is 0 Å². The number of hydrogen-bond acceptors (Lipinski definition) is 2. The topological polar surface area (TPSA) is 41.1 Å². The molecule has 1 heterocycles. The highest BCUT2D eigenvalue weighted by molar-refractivity contribution is 5.95. The Morgan fingerprint density at radius 2 is 2.20 bits per heavy atom. The van der Waals surface area contributed by atoms with Gasteiger partial charge in [-0.05, 0) is 48.9 Å². The molecule has 0 bridgehead atoms. The first kappa shape index (κ1) is 13.5. The maximum Gasteiger partial charge on any atom is 0.251 e. The molecule has 2 unspecified atom stereocenters. The summed E-state index contributed by atoms with van der Waals surface area (Å²) in [6.07, 6.45) is 7.15. The molecule has 0 spiro atoms. The molecule has 3 nitrogen and oxygen atoms in total. The first-order valence-corrected chi connectivity index (χ1v) is 7.95. The lowest BCUT2D eigenvalue weighted by Gasteiger charge is -2.31. The number of carbonyl (C=O) groups excluding carboxylic acids is 1. The van der Waals surface area contributed by atoms with Gasteiger partial charge in [0.2, 0.25) is 0 Å². The van der Waals surface area contributed by atoms with E-state index in [4.69, 9.17) is 0 Å². The number of hydrogen-bond donors (Lipinski definition) is 2. The van der Waals surface area contributed by atoms with E-state index in [1.54, 1.807) is 0 Å². The molecule has 0 aromatic heterocycles. The van der Waals surface area contributed by atoms with Crippen molar-refractivity contribution in [3.8, 4) is 0 Å². The number of amides is 1. The number of benzene rings is 1. The minimum absolute atomic E-state index is 0.102. The standard InChI is InChI=1S/C17H24N2O/c1-2-12-5-3-4-6-16(12)19-17(20)14-7-8-15-13(11-14)9-10-18-15/h7-8,11-12,16,18H,2-6,9-10H2,1H3,(H,19,20). The van der Waals surface area contributed by atoms with Crippen molar-refractivity contribution >= 4 is 11.6 Å². The predicted octanol–water partition coefficient (Wildman–Crippen LogP) is 3.35. The third kappa shape index (κ3) is 2.67. The van der Waals surface area contributed by atoms with Crippen LogP contribution in [0.5, 0.6) is 0 Å². The molecular formula is C17H24N2O. The zero-order valence-electron chi connectivity index (χ0n) is 12.2. The molecule has 1 aromatic rings. The zero-order valence-corrected chi connectivity index (χ0v) is 12.2. The second-order valence-corrected chi connectivity index (χ2v) is 6.08. The van der Waals surface area contributed by atoms with Crippen LogP contribution in [-0.2, 0) is 6.42 Å². The Bertz CT molecular complexity index is 498. The van der Waals surface area contributed by atoms with E-state index in [-0.39, 0.29) is 5.91 Å². The average molecular weight is 272 g/mol. The minimum atomic E-state index is 0.102. The Hall–Kier alpha value is -1.51. The first-order valence-electron chi connectivity index (χ1n) is 7.95. The van der Waals surface area contributed by atoms with Gasteiger partial charge in [-0.1, -0.05) is 26.2 Å². The highest BCUT2D eigenvalue weighted by atomic mass is 16.1. The summed E-state index contributed by atoms with van der Waals surface area (Å²) in [5.41, 5.74) is 3.27. The van der Waals surface area contributed by atoms with Gasteiger partial charge in [0.05, 0.1) is 0 Å². The summed E-state index contributed by atoms with van der Waals surface area (Å²) in [6, 6.07) is 6.40. The van der Waals surface area contributed by atoms with E-state index in [0.29, 0.717) is 12.0 Å². The van der Waals surface area contributed by atoms with Crippen molar-refractivity contribution in [2.45, 2.75) is 51.5 Å². The normalized spacial score (nSPS) is 24.9. The summed E-state index contributed by atoms with van der Waals surface area (Å²) in [5, 5.41) is 6.60. The fraction of sp³-hybridized carbons (Fsp3) is 0.588. The molecule has 1 aliphatic heterocycles. The average Bonchev–Trinajstić information content (AvgIpc) is 2.95. The largest absolute Gasteiger partial charge is 0.384 e. The summed E-state index contributed by atoms with van der Waals surface area (Å²) in [7, 11) is 0. The summed E-state index contributed by atoms with van der Waals surface area (Å²) in [4.78, 5) is 12.4. The van der Waals surface area contributed by atoms with Crippen LogP contribution < -0.4 is 10.6 Å². The van der Waals surface area contributed by atoms with E-state index in [1.807, 2.05) is 12.1 Å². The molecule has 1 amide bonds. The van der Waals surface area contributed by atoms with Crippen LogP contribution in [0.4, 0.5) is 5.69 Å². The molecule has 1 aliphatic carbocycles. The molecule has 0 radical (unpaired) electrons. The van der Waals surface area contributed by atoms with E-state index in [0.717, 1.165) is 24.9 Å². The van der Waals surface area contributed by atoms with E-state index in [1.165, 1.54) is 36.9 Å². The van der Waals surface area contributed by atoms with Crippen molar-refractivity contribution < 1.29 is 4.79 Å². The van der Waals surface area contributed by atoms with E-state index < -0.39 is 0 Å². The van der Waals surface area contributed by atoms with Crippen molar-refractivity contribution in [1.29, 1.82) is 0 Å². The minimum Gasteiger partial charge on any atom is -0.384 e. The quantitative estimate of drug-likeness (QED) is 0.886. The Morgan fingerprint density at radius 1 is 1.35 bits per heavy atom. The molecule has 108 valence electrons. The van der Waals surface area contributed by atoms with E-state index in [9.17, 15) is 4.79 Å². The first-order chi connectivity index (χ1) is 9.78. The summed E-state index contributed by atoms with van der Waals surface area (Å²) in [5.74, 6) is 0.758. The lowest BCUT2D eigenvalue weighted by Crippen LogP contribution is -2.41. The van der Waals surface area contributed by atoms with Crippen LogP contribution >= 0.6 is 0 Å². The number of rotatable bonds is 3. The van der Waals surface area contributed by atoms with Crippen LogP contribution in [0.3, 0.4) is 0 Å². The Kier molecular flexibility index (Phi) is 3.95. The lowest BCUT2D eigenvalue weighted by atomic mass is 9.83. The lowest BCUT2D eigenvalue weighted by molar-refractivity contribution is 0.0904. The van der Waals surface area contributed by atoms with Crippen LogP contribution in [0.1, 0.15) is 54.9 Å². The van der Waals surface area contributed by atoms with Crippen LogP contribution in [0, 0.1) is 5.92 Å². The van der Waals surface area contributed by atoms with Gasteiger partial charge in [-0.2, -0.15) is 0 Å². The highest BCUT2D eigenvalue weighted by Crippen LogP contribution is 2.27. The Balaban J connectivity index is 1.69. The molecule has 2 N–H and O–H groups in total. The molecule has 1 aromatic carbocycles. The molecular weight excluding hydrogens is 248 g/mol. The van der Waals surface area contributed by atoms with Gasteiger partial charge in [0, 0.05) is 23.8 Å². The number of nitrogens with one attached hydrogen (secondary N) is 2. The van der Waals surface area contributed by atoms with Crippen molar-refractivity contribution in [2.75, 3.05) is 11.9 Å². The Morgan fingerprint density at radius 3 is 3.05 bits per heavy atom. The third-order valence-electron chi connectivity index (χ3n) is 4.83. The molecule has 1 saturated carbocycles.